The summed E-state index contributed by atoms with van der Waals surface area (Å²) in [5.41, 5.74) is 4.41. The first-order chi connectivity index (χ1) is 20.4. The zero-order valence-electron chi connectivity index (χ0n) is 24.8. The molecule has 6 heteroatoms. The van der Waals surface area contributed by atoms with Crippen LogP contribution in [0.25, 0.3) is 0 Å². The maximum Gasteiger partial charge on any atom is 0.225 e. The molecule has 0 saturated carbocycles. The van der Waals surface area contributed by atoms with Gasteiger partial charge in [-0.25, -0.2) is 0 Å². The Morgan fingerprint density at radius 1 is 0.643 bits per heavy atom. The van der Waals surface area contributed by atoms with Gasteiger partial charge >= 0.3 is 0 Å². The minimum atomic E-state index is -0.380. The van der Waals surface area contributed by atoms with Gasteiger partial charge in [-0.1, -0.05) is 84.0 Å². The van der Waals surface area contributed by atoms with E-state index in [1.165, 1.54) is 22.3 Å². The quantitative estimate of drug-likeness (QED) is 0.373. The number of benzene rings is 2. The smallest absolute Gasteiger partial charge is 0.225 e. The molecule has 0 unspecified atom stereocenters. The molecule has 220 valence electrons. The summed E-state index contributed by atoms with van der Waals surface area (Å²) in [5.74, 6) is 1.26. The van der Waals surface area contributed by atoms with E-state index < -0.39 is 0 Å². The third-order valence-electron chi connectivity index (χ3n) is 10.7. The van der Waals surface area contributed by atoms with Crippen molar-refractivity contribution in [2.24, 2.45) is 11.8 Å². The third kappa shape index (κ3) is 4.29. The van der Waals surface area contributed by atoms with Crippen molar-refractivity contribution in [3.8, 4) is 0 Å². The normalized spacial score (nSPS) is 35.2. The lowest BCUT2D eigenvalue weighted by atomic mass is 9.74. The summed E-state index contributed by atoms with van der Waals surface area (Å²) in [7, 11) is 0. The number of allylic oxidation sites excluding steroid dienone is 2. The van der Waals surface area contributed by atoms with Crippen molar-refractivity contribution in [2.75, 3.05) is 13.2 Å². The third-order valence-corrected chi connectivity index (χ3v) is 10.7. The molecule has 2 amide bonds. The Balaban J connectivity index is 0.000000137. The molecule has 6 aliphatic rings. The van der Waals surface area contributed by atoms with Gasteiger partial charge in [0.1, 0.15) is 0 Å². The molecule has 2 spiro atoms. The summed E-state index contributed by atoms with van der Waals surface area (Å²) in [5, 5.41) is 0. The Labute approximate surface area is 249 Å². The van der Waals surface area contributed by atoms with Crippen LogP contribution in [0.15, 0.2) is 84.0 Å². The highest BCUT2D eigenvalue weighted by Crippen LogP contribution is 2.54. The lowest BCUT2D eigenvalue weighted by molar-refractivity contribution is -0.175. The molecule has 4 saturated heterocycles. The average molecular weight is 567 g/mol. The summed E-state index contributed by atoms with van der Waals surface area (Å²) in [6.45, 7) is 5.64. The summed E-state index contributed by atoms with van der Waals surface area (Å²) >= 11 is 0. The van der Waals surface area contributed by atoms with Gasteiger partial charge in [0.25, 0.3) is 0 Å². The zero-order valence-corrected chi connectivity index (χ0v) is 24.8. The molecule has 2 aromatic carbocycles. The number of carbonyl (C=O) groups is 2. The highest BCUT2D eigenvalue weighted by molar-refractivity contribution is 5.80. The van der Waals surface area contributed by atoms with Crippen LogP contribution in [0.4, 0.5) is 0 Å². The minimum absolute atomic E-state index is 0.0763. The van der Waals surface area contributed by atoms with Crippen LogP contribution in [0.2, 0.25) is 0 Å². The Hall–Kier alpha value is -3.22. The van der Waals surface area contributed by atoms with E-state index in [-0.39, 0.29) is 35.3 Å². The van der Waals surface area contributed by atoms with Crippen molar-refractivity contribution in [1.29, 1.82) is 0 Å². The second-order valence-corrected chi connectivity index (χ2v) is 12.8. The second-order valence-electron chi connectivity index (χ2n) is 12.8. The topological polar surface area (TPSA) is 59.1 Å². The van der Waals surface area contributed by atoms with Gasteiger partial charge in [-0.3, -0.25) is 9.59 Å². The molecule has 8 rings (SSSR count). The summed E-state index contributed by atoms with van der Waals surface area (Å²) in [6.07, 6.45) is 11.7. The van der Waals surface area contributed by atoms with Crippen LogP contribution in [0.3, 0.4) is 0 Å². The van der Waals surface area contributed by atoms with Crippen LogP contribution in [0.5, 0.6) is 0 Å². The maximum atomic E-state index is 12.6. The van der Waals surface area contributed by atoms with Gasteiger partial charge < -0.3 is 19.3 Å². The molecule has 6 nitrogen and oxygen atoms in total. The van der Waals surface area contributed by atoms with Crippen LogP contribution in [0, 0.1) is 11.8 Å². The lowest BCUT2D eigenvalue weighted by Crippen LogP contribution is -2.58. The molecular formula is C36H42N2O4. The number of rotatable bonds is 2. The van der Waals surface area contributed by atoms with Gasteiger partial charge in [0, 0.05) is 24.7 Å². The maximum absolute atomic E-state index is 12.6. The van der Waals surface area contributed by atoms with Gasteiger partial charge in [0.05, 0.1) is 25.3 Å². The Kier molecular flexibility index (Phi) is 7.10. The number of piperidine rings is 2. The van der Waals surface area contributed by atoms with Crippen molar-refractivity contribution < 1.29 is 19.1 Å². The van der Waals surface area contributed by atoms with Crippen LogP contribution in [-0.4, -0.2) is 46.3 Å². The van der Waals surface area contributed by atoms with E-state index in [1.54, 1.807) is 0 Å². The molecule has 0 aromatic heterocycles. The number of amides is 2. The van der Waals surface area contributed by atoms with E-state index in [9.17, 15) is 9.59 Å². The van der Waals surface area contributed by atoms with Crippen LogP contribution in [0.1, 0.15) is 88.4 Å². The summed E-state index contributed by atoms with van der Waals surface area (Å²) < 4.78 is 12.6. The van der Waals surface area contributed by atoms with Crippen LogP contribution in [-0.2, 0) is 19.1 Å². The van der Waals surface area contributed by atoms with E-state index in [4.69, 9.17) is 9.47 Å². The first-order valence-corrected chi connectivity index (χ1v) is 15.8. The Morgan fingerprint density at radius 2 is 1.05 bits per heavy atom. The standard InChI is InChI=1S/2C18H21NO2/c2*1-13-6-5-11-18-15(13)9-10-17(20)19(18)16(12-21-18)14-7-3-2-4-8-14/h2*2-4,6-8,15-16H,5,9-12H2,1H3/t2*15-,16-,18-/m00/s1. The molecule has 2 aliphatic carbocycles. The fraction of sp³-hybridized carbons (Fsp3) is 0.500. The SMILES string of the molecule is CC1=CCC[C@@]23OC[C@@H](c4ccccc4)N2C(=O)CC[C@@H]13.CC1=CCC[C@@]23OC[C@@H](c4ccccc4)N2C(=O)CC[C@@H]13. The molecule has 6 atom stereocenters. The molecule has 42 heavy (non-hydrogen) atoms. The number of hydrogen-bond acceptors (Lipinski definition) is 4. The first kappa shape index (κ1) is 27.6. The van der Waals surface area contributed by atoms with Gasteiger partial charge in [0.15, 0.2) is 11.4 Å². The summed E-state index contributed by atoms with van der Waals surface area (Å²) in [4.78, 5) is 29.4. The molecule has 4 heterocycles. The highest BCUT2D eigenvalue weighted by atomic mass is 16.5. The molecule has 4 fully saturated rings. The molecule has 0 N–H and O–H groups in total. The van der Waals surface area contributed by atoms with Gasteiger partial charge in [-0.2, -0.15) is 0 Å². The summed E-state index contributed by atoms with van der Waals surface area (Å²) in [6, 6.07) is 20.8. The van der Waals surface area contributed by atoms with E-state index in [0.717, 1.165) is 38.5 Å². The molecule has 0 radical (unpaired) electrons. The number of hydrogen-bond donors (Lipinski definition) is 0. The number of carbonyl (C=O) groups excluding carboxylic acids is 2. The predicted octanol–water partition coefficient (Wildman–Crippen LogP) is 6.87. The number of ether oxygens (including phenoxy) is 2. The highest BCUT2D eigenvalue weighted by Gasteiger charge is 2.59. The minimum Gasteiger partial charge on any atom is -0.352 e. The zero-order chi connectivity index (χ0) is 28.9. The van der Waals surface area contributed by atoms with Crippen molar-refractivity contribution >= 4 is 11.8 Å². The van der Waals surface area contributed by atoms with Crippen LogP contribution < -0.4 is 0 Å². The largest absolute Gasteiger partial charge is 0.352 e. The Morgan fingerprint density at radius 3 is 1.45 bits per heavy atom. The van der Waals surface area contributed by atoms with E-state index in [2.05, 4.69) is 60.1 Å². The first-order valence-electron chi connectivity index (χ1n) is 15.8. The number of nitrogens with zero attached hydrogens (tertiary/aromatic N) is 2. The van der Waals surface area contributed by atoms with E-state index >= 15 is 0 Å². The van der Waals surface area contributed by atoms with Crippen molar-refractivity contribution in [1.82, 2.24) is 9.80 Å². The van der Waals surface area contributed by atoms with Crippen molar-refractivity contribution in [3.05, 3.63) is 95.1 Å². The molecule has 0 bridgehead atoms. The molecular weight excluding hydrogens is 524 g/mol. The molecule has 2 aromatic rings. The lowest BCUT2D eigenvalue weighted by Gasteiger charge is -2.50. The van der Waals surface area contributed by atoms with Crippen molar-refractivity contribution in [2.45, 2.75) is 88.7 Å². The van der Waals surface area contributed by atoms with Gasteiger partial charge in [0.2, 0.25) is 11.8 Å². The molecule has 4 aliphatic heterocycles. The Bertz CT molecular complexity index is 1300. The monoisotopic (exact) mass is 566 g/mol. The fourth-order valence-corrected chi connectivity index (χ4v) is 8.84. The van der Waals surface area contributed by atoms with Crippen molar-refractivity contribution in [3.63, 3.8) is 0 Å². The fourth-order valence-electron chi connectivity index (χ4n) is 8.84. The van der Waals surface area contributed by atoms with Gasteiger partial charge in [-0.15, -0.1) is 0 Å². The second kappa shape index (κ2) is 10.8. The van der Waals surface area contributed by atoms with Crippen LogP contribution >= 0.6 is 0 Å². The van der Waals surface area contributed by atoms with Gasteiger partial charge in [-0.05, 0) is 63.5 Å². The van der Waals surface area contributed by atoms with E-state index in [0.29, 0.717) is 37.9 Å². The average Bonchev–Trinajstić information content (AvgIpc) is 3.59. The van der Waals surface area contributed by atoms with E-state index in [1.807, 2.05) is 36.4 Å². The predicted molar refractivity (Wildman–Crippen MR) is 161 cm³/mol.